The van der Waals surface area contributed by atoms with E-state index in [9.17, 15) is 13.2 Å². The van der Waals surface area contributed by atoms with Crippen molar-refractivity contribution >= 4 is 22.9 Å². The van der Waals surface area contributed by atoms with Crippen LogP contribution in [0.2, 0.25) is 0 Å². The molecule has 2 nitrogen and oxygen atoms in total. The standard InChI is InChI=1S/C15H19F3N2S/c1-14(2)6-5-10(8-14)20-9-3-4-11(13(19)21)12(7-9)15(16,17)18/h3-4,7,10,20H,5-6,8H2,1-2H3,(H2,19,21). The molecule has 0 bridgehead atoms. The molecule has 0 amide bonds. The van der Waals surface area contributed by atoms with Gasteiger partial charge in [0.25, 0.3) is 0 Å². The lowest BCUT2D eigenvalue weighted by Gasteiger charge is -2.20. The minimum absolute atomic E-state index is 0.130. The molecule has 0 spiro atoms. The minimum atomic E-state index is -4.47. The van der Waals surface area contributed by atoms with E-state index in [0.29, 0.717) is 5.69 Å². The molecule has 1 aliphatic rings. The smallest absolute Gasteiger partial charge is 0.389 e. The van der Waals surface area contributed by atoms with Crippen molar-refractivity contribution < 1.29 is 13.2 Å². The fourth-order valence-electron chi connectivity index (χ4n) is 2.88. The van der Waals surface area contributed by atoms with Crippen LogP contribution in [0.1, 0.15) is 44.2 Å². The van der Waals surface area contributed by atoms with Crippen LogP contribution < -0.4 is 11.1 Å². The molecule has 0 aliphatic heterocycles. The first-order valence-corrected chi connectivity index (χ1v) is 7.27. The zero-order valence-corrected chi connectivity index (χ0v) is 12.9. The fourth-order valence-corrected chi connectivity index (χ4v) is 3.06. The fraction of sp³-hybridized carbons (Fsp3) is 0.533. The van der Waals surface area contributed by atoms with Gasteiger partial charge in [0.05, 0.1) is 5.56 Å². The van der Waals surface area contributed by atoms with Gasteiger partial charge in [0.15, 0.2) is 0 Å². The molecule has 6 heteroatoms. The van der Waals surface area contributed by atoms with Crippen molar-refractivity contribution in [3.63, 3.8) is 0 Å². The topological polar surface area (TPSA) is 38.0 Å². The van der Waals surface area contributed by atoms with E-state index in [4.69, 9.17) is 18.0 Å². The Kier molecular flexibility index (Phi) is 4.19. The molecule has 0 radical (unpaired) electrons. The van der Waals surface area contributed by atoms with Crippen LogP contribution in [-0.4, -0.2) is 11.0 Å². The third-order valence-electron chi connectivity index (χ3n) is 3.93. The van der Waals surface area contributed by atoms with Crippen LogP contribution in [0.5, 0.6) is 0 Å². The lowest BCUT2D eigenvalue weighted by molar-refractivity contribution is -0.137. The Labute approximate surface area is 127 Å². The molecule has 1 atom stereocenters. The van der Waals surface area contributed by atoms with Crippen molar-refractivity contribution in [2.45, 2.75) is 45.3 Å². The van der Waals surface area contributed by atoms with Crippen molar-refractivity contribution in [2.24, 2.45) is 11.1 Å². The summed E-state index contributed by atoms with van der Waals surface area (Å²) in [5.74, 6) is 0. The van der Waals surface area contributed by atoms with Crippen molar-refractivity contribution in [2.75, 3.05) is 5.32 Å². The quantitative estimate of drug-likeness (QED) is 0.815. The van der Waals surface area contributed by atoms with E-state index in [0.717, 1.165) is 25.3 Å². The molecule has 1 aliphatic carbocycles. The molecule has 1 aromatic carbocycles. The molecule has 1 saturated carbocycles. The van der Waals surface area contributed by atoms with Crippen LogP contribution in [0.15, 0.2) is 18.2 Å². The van der Waals surface area contributed by atoms with Crippen LogP contribution in [-0.2, 0) is 6.18 Å². The van der Waals surface area contributed by atoms with Crippen molar-refractivity contribution in [3.05, 3.63) is 29.3 Å². The van der Waals surface area contributed by atoms with Crippen LogP contribution in [0.4, 0.5) is 18.9 Å². The Balaban J connectivity index is 2.24. The van der Waals surface area contributed by atoms with E-state index >= 15 is 0 Å². The van der Waals surface area contributed by atoms with Gasteiger partial charge in [-0.05, 0) is 42.9 Å². The zero-order valence-electron chi connectivity index (χ0n) is 12.1. The first kappa shape index (κ1) is 16.1. The summed E-state index contributed by atoms with van der Waals surface area (Å²) < 4.78 is 39.2. The van der Waals surface area contributed by atoms with Gasteiger partial charge >= 0.3 is 6.18 Å². The number of rotatable bonds is 3. The maximum Gasteiger partial charge on any atom is 0.417 e. The van der Waals surface area contributed by atoms with Gasteiger partial charge in [-0.3, -0.25) is 0 Å². The highest BCUT2D eigenvalue weighted by Gasteiger charge is 2.35. The molecule has 1 aromatic rings. The van der Waals surface area contributed by atoms with E-state index in [2.05, 4.69) is 19.2 Å². The predicted molar refractivity (Wildman–Crippen MR) is 82.4 cm³/mol. The average molecular weight is 316 g/mol. The van der Waals surface area contributed by atoms with Gasteiger partial charge in [0.2, 0.25) is 0 Å². The molecular formula is C15H19F3N2S. The van der Waals surface area contributed by atoms with Gasteiger partial charge in [-0.15, -0.1) is 0 Å². The molecule has 0 aromatic heterocycles. The molecule has 1 unspecified atom stereocenters. The summed E-state index contributed by atoms with van der Waals surface area (Å²) in [6, 6.07) is 4.25. The number of alkyl halides is 3. The highest BCUT2D eigenvalue weighted by Crippen LogP contribution is 2.39. The Bertz CT molecular complexity index is 552. The summed E-state index contributed by atoms with van der Waals surface area (Å²) in [5.41, 5.74) is 5.16. The summed E-state index contributed by atoms with van der Waals surface area (Å²) in [6.07, 6.45) is -1.48. The Morgan fingerprint density at radius 2 is 2.05 bits per heavy atom. The monoisotopic (exact) mass is 316 g/mol. The van der Waals surface area contributed by atoms with Crippen molar-refractivity contribution in [1.29, 1.82) is 0 Å². The first-order chi connectivity index (χ1) is 9.58. The van der Waals surface area contributed by atoms with E-state index in [1.165, 1.54) is 6.07 Å². The summed E-state index contributed by atoms with van der Waals surface area (Å²) in [5, 5.41) is 3.19. The Morgan fingerprint density at radius 1 is 1.38 bits per heavy atom. The number of thiocarbonyl (C=S) groups is 1. The van der Waals surface area contributed by atoms with E-state index in [1.54, 1.807) is 6.07 Å². The van der Waals surface area contributed by atoms with Crippen molar-refractivity contribution in [1.82, 2.24) is 0 Å². The van der Waals surface area contributed by atoms with E-state index in [1.807, 2.05) is 0 Å². The molecule has 2 rings (SSSR count). The summed E-state index contributed by atoms with van der Waals surface area (Å²) in [6.45, 7) is 4.34. The second kappa shape index (κ2) is 5.48. The first-order valence-electron chi connectivity index (χ1n) is 6.86. The second-order valence-electron chi connectivity index (χ2n) is 6.37. The van der Waals surface area contributed by atoms with Gasteiger partial charge in [0, 0.05) is 17.3 Å². The van der Waals surface area contributed by atoms with Crippen LogP contribution in [0.3, 0.4) is 0 Å². The number of halogens is 3. The maximum absolute atomic E-state index is 13.1. The van der Waals surface area contributed by atoms with Crippen LogP contribution in [0.25, 0.3) is 0 Å². The van der Waals surface area contributed by atoms with Gasteiger partial charge in [-0.1, -0.05) is 26.1 Å². The molecule has 0 heterocycles. The normalized spacial score (nSPS) is 21.3. The SMILES string of the molecule is CC1(C)CCC(Nc2ccc(C(N)=S)c(C(F)(F)F)c2)C1. The molecule has 21 heavy (non-hydrogen) atoms. The largest absolute Gasteiger partial charge is 0.417 e. The van der Waals surface area contributed by atoms with Crippen LogP contribution >= 0.6 is 12.2 Å². The summed E-state index contributed by atoms with van der Waals surface area (Å²) >= 11 is 4.69. The lowest BCUT2D eigenvalue weighted by atomic mass is 9.92. The van der Waals surface area contributed by atoms with Gasteiger partial charge < -0.3 is 11.1 Å². The van der Waals surface area contributed by atoms with Crippen molar-refractivity contribution in [3.8, 4) is 0 Å². The number of hydrogen-bond acceptors (Lipinski definition) is 2. The Hall–Kier alpha value is -1.30. The second-order valence-corrected chi connectivity index (χ2v) is 6.81. The number of benzene rings is 1. The van der Waals surface area contributed by atoms with Gasteiger partial charge in [0.1, 0.15) is 4.99 Å². The van der Waals surface area contributed by atoms with Gasteiger partial charge in [-0.25, -0.2) is 0 Å². The van der Waals surface area contributed by atoms with E-state index in [-0.39, 0.29) is 22.0 Å². The summed E-state index contributed by atoms with van der Waals surface area (Å²) in [7, 11) is 0. The highest BCUT2D eigenvalue weighted by atomic mass is 32.1. The number of nitrogens with two attached hydrogens (primary N) is 1. The molecule has 1 fully saturated rings. The molecule has 116 valence electrons. The number of hydrogen-bond donors (Lipinski definition) is 2. The van der Waals surface area contributed by atoms with Crippen LogP contribution in [0, 0.1) is 5.41 Å². The Morgan fingerprint density at radius 3 is 2.52 bits per heavy atom. The minimum Gasteiger partial charge on any atom is -0.389 e. The predicted octanol–water partition coefficient (Wildman–Crippen LogP) is 4.33. The molecular weight excluding hydrogens is 297 g/mol. The average Bonchev–Trinajstić information content (AvgIpc) is 2.67. The molecule has 0 saturated heterocycles. The summed E-state index contributed by atoms with van der Waals surface area (Å²) in [4.78, 5) is -0.240. The maximum atomic E-state index is 13.1. The highest BCUT2D eigenvalue weighted by molar-refractivity contribution is 7.80. The van der Waals surface area contributed by atoms with E-state index < -0.39 is 11.7 Å². The molecule has 3 N–H and O–H groups in total. The number of nitrogens with one attached hydrogen (secondary N) is 1. The third kappa shape index (κ3) is 3.87. The third-order valence-corrected chi connectivity index (χ3v) is 4.15. The lowest BCUT2D eigenvalue weighted by Crippen LogP contribution is -2.20. The zero-order chi connectivity index (χ0) is 15.8. The number of anilines is 1. The van der Waals surface area contributed by atoms with Gasteiger partial charge in [-0.2, -0.15) is 13.2 Å².